The first kappa shape index (κ1) is 21.3. The van der Waals surface area contributed by atoms with Crippen molar-refractivity contribution in [2.45, 2.75) is 19.4 Å². The molecule has 34 heavy (non-hydrogen) atoms. The number of nitrogen functional groups attached to an aromatic ring is 1. The molecule has 0 saturated heterocycles. The molecule has 0 fully saturated rings. The Morgan fingerprint density at radius 2 is 1.82 bits per heavy atom. The van der Waals surface area contributed by atoms with E-state index in [0.717, 1.165) is 22.4 Å². The first-order valence-electron chi connectivity index (χ1n) is 11.1. The Hall–Kier alpha value is -4.52. The zero-order valence-electron chi connectivity index (χ0n) is 18.6. The Balaban J connectivity index is 1.19. The van der Waals surface area contributed by atoms with Gasteiger partial charge in [0.15, 0.2) is 0 Å². The highest BCUT2D eigenvalue weighted by Gasteiger charge is 2.10. The lowest BCUT2D eigenvalue weighted by Crippen LogP contribution is -2.13. The molecule has 0 atom stereocenters. The zero-order chi connectivity index (χ0) is 23.3. The predicted octanol–water partition coefficient (Wildman–Crippen LogP) is 4.70. The second kappa shape index (κ2) is 9.54. The quantitative estimate of drug-likeness (QED) is 0.352. The number of anilines is 2. The number of fused-ring (bicyclic) bond motifs is 1. The molecular formula is C27H24N6O. The predicted molar refractivity (Wildman–Crippen MR) is 134 cm³/mol. The molecule has 0 aliphatic heterocycles. The number of nitrogens with two attached hydrogens (primary N) is 1. The number of aromatic nitrogens is 4. The largest absolute Gasteiger partial charge is 0.397 e. The molecule has 0 aliphatic rings. The summed E-state index contributed by atoms with van der Waals surface area (Å²) in [6.07, 6.45) is 6.16. The van der Waals surface area contributed by atoms with Crippen LogP contribution in [0.1, 0.15) is 17.7 Å². The Kier molecular flexibility index (Phi) is 5.99. The van der Waals surface area contributed by atoms with Gasteiger partial charge in [-0.3, -0.25) is 9.78 Å². The molecule has 5 aromatic rings. The summed E-state index contributed by atoms with van der Waals surface area (Å²) in [6.45, 7) is 0.627. The van der Waals surface area contributed by atoms with Crippen LogP contribution in [-0.2, 0) is 17.8 Å². The zero-order valence-corrected chi connectivity index (χ0v) is 18.6. The van der Waals surface area contributed by atoms with E-state index >= 15 is 0 Å². The Morgan fingerprint density at radius 1 is 0.941 bits per heavy atom. The number of benzene rings is 3. The first-order chi connectivity index (χ1) is 16.6. The first-order valence-corrected chi connectivity index (χ1v) is 11.1. The van der Waals surface area contributed by atoms with Gasteiger partial charge in [0.25, 0.3) is 0 Å². The fraction of sp³-hybridized carbons (Fsp3) is 0.111. The third-order valence-corrected chi connectivity index (χ3v) is 5.68. The van der Waals surface area contributed by atoms with Gasteiger partial charge in [0.1, 0.15) is 0 Å². The van der Waals surface area contributed by atoms with Gasteiger partial charge in [-0.2, -0.15) is 0 Å². The monoisotopic (exact) mass is 448 g/mol. The molecule has 0 saturated carbocycles. The molecule has 2 aromatic heterocycles. The molecule has 0 radical (unpaired) electrons. The summed E-state index contributed by atoms with van der Waals surface area (Å²) in [5.41, 5.74) is 11.0. The van der Waals surface area contributed by atoms with E-state index in [2.05, 4.69) is 50.9 Å². The van der Waals surface area contributed by atoms with E-state index in [1.54, 1.807) is 23.1 Å². The van der Waals surface area contributed by atoms with E-state index in [1.807, 2.05) is 42.6 Å². The molecule has 0 bridgehead atoms. The van der Waals surface area contributed by atoms with Crippen LogP contribution >= 0.6 is 0 Å². The third kappa shape index (κ3) is 4.94. The topological polar surface area (TPSA) is 98.7 Å². The van der Waals surface area contributed by atoms with E-state index in [1.165, 1.54) is 10.8 Å². The normalized spacial score (nSPS) is 10.9. The lowest BCUT2D eigenvalue weighted by atomic mass is 10.1. The maximum absolute atomic E-state index is 12.6. The van der Waals surface area contributed by atoms with Gasteiger partial charge in [-0.25, -0.2) is 4.68 Å². The lowest BCUT2D eigenvalue weighted by molar-refractivity contribution is -0.116. The minimum Gasteiger partial charge on any atom is -0.397 e. The van der Waals surface area contributed by atoms with Crippen LogP contribution in [0.25, 0.3) is 21.9 Å². The number of nitrogens with one attached hydrogen (secondary N) is 1. The highest BCUT2D eigenvalue weighted by Crippen LogP contribution is 2.27. The Labute approximate surface area is 197 Å². The van der Waals surface area contributed by atoms with Crippen molar-refractivity contribution in [3.63, 3.8) is 0 Å². The van der Waals surface area contributed by atoms with E-state index in [4.69, 9.17) is 5.73 Å². The molecular weight excluding hydrogens is 424 g/mol. The summed E-state index contributed by atoms with van der Waals surface area (Å²) < 4.78 is 1.80. The molecule has 7 nitrogen and oxygen atoms in total. The van der Waals surface area contributed by atoms with Crippen LogP contribution in [0, 0.1) is 0 Å². The average molecular weight is 449 g/mol. The van der Waals surface area contributed by atoms with Gasteiger partial charge in [-0.15, -0.1) is 5.10 Å². The Bertz CT molecular complexity index is 1440. The van der Waals surface area contributed by atoms with Crippen LogP contribution in [0.3, 0.4) is 0 Å². The second-order valence-electron chi connectivity index (χ2n) is 8.18. The molecule has 168 valence electrons. The van der Waals surface area contributed by atoms with Crippen LogP contribution in [-0.4, -0.2) is 25.9 Å². The summed E-state index contributed by atoms with van der Waals surface area (Å²) in [4.78, 5) is 16.7. The van der Waals surface area contributed by atoms with Crippen molar-refractivity contribution in [3.8, 4) is 11.1 Å². The molecule has 7 heteroatoms. The lowest BCUT2D eigenvalue weighted by Gasteiger charge is -2.10. The van der Waals surface area contributed by atoms with Crippen molar-refractivity contribution in [1.82, 2.24) is 20.0 Å². The number of nitrogens with zero attached hydrogens (tertiary/aromatic N) is 4. The maximum atomic E-state index is 12.6. The van der Waals surface area contributed by atoms with E-state index in [0.29, 0.717) is 24.3 Å². The van der Waals surface area contributed by atoms with E-state index in [9.17, 15) is 4.79 Å². The SMILES string of the molecule is Nc1ccc(-c2cccnc2)cc1NC(=O)CCc1cn(Cc2ccc3ccccc3c2)nn1. The average Bonchev–Trinajstić information content (AvgIpc) is 3.32. The van der Waals surface area contributed by atoms with Crippen LogP contribution in [0.5, 0.6) is 0 Å². The molecule has 1 amide bonds. The van der Waals surface area contributed by atoms with Crippen LogP contribution in [0.4, 0.5) is 11.4 Å². The van der Waals surface area contributed by atoms with E-state index in [-0.39, 0.29) is 12.3 Å². The molecule has 3 aromatic carbocycles. The molecule has 5 rings (SSSR count). The van der Waals surface area contributed by atoms with Gasteiger partial charge in [0, 0.05) is 37.0 Å². The number of hydrogen-bond donors (Lipinski definition) is 2. The number of aryl methyl sites for hydroxylation is 1. The van der Waals surface area contributed by atoms with Crippen molar-refractivity contribution in [1.29, 1.82) is 0 Å². The van der Waals surface area contributed by atoms with Gasteiger partial charge in [0.05, 0.1) is 23.6 Å². The van der Waals surface area contributed by atoms with Gasteiger partial charge in [-0.05, 0) is 46.2 Å². The minimum absolute atomic E-state index is 0.126. The van der Waals surface area contributed by atoms with Gasteiger partial charge >= 0.3 is 0 Å². The van der Waals surface area contributed by atoms with Crippen LogP contribution in [0.2, 0.25) is 0 Å². The number of rotatable bonds is 7. The molecule has 0 aliphatic carbocycles. The highest BCUT2D eigenvalue weighted by molar-refractivity contribution is 5.95. The smallest absolute Gasteiger partial charge is 0.224 e. The number of pyridine rings is 1. The van der Waals surface area contributed by atoms with Gasteiger partial charge in [0.2, 0.25) is 5.91 Å². The number of amides is 1. The number of carbonyl (C=O) groups is 1. The fourth-order valence-electron chi connectivity index (χ4n) is 3.89. The summed E-state index contributed by atoms with van der Waals surface area (Å²) in [6, 6.07) is 24.0. The third-order valence-electron chi connectivity index (χ3n) is 5.68. The summed E-state index contributed by atoms with van der Waals surface area (Å²) in [7, 11) is 0. The van der Waals surface area contributed by atoms with Gasteiger partial charge < -0.3 is 11.1 Å². The summed E-state index contributed by atoms with van der Waals surface area (Å²) in [5.74, 6) is -0.126. The van der Waals surface area contributed by atoms with E-state index < -0.39 is 0 Å². The highest BCUT2D eigenvalue weighted by atomic mass is 16.1. The second-order valence-corrected chi connectivity index (χ2v) is 8.18. The standard InChI is InChI=1S/C27H24N6O/c28-25-11-9-22(23-6-3-13-29-16-23)15-26(25)30-27(34)12-10-24-18-33(32-31-24)17-19-7-8-20-4-1-2-5-21(20)14-19/h1-9,11,13-16,18H,10,12,17,28H2,(H,30,34). The summed E-state index contributed by atoms with van der Waals surface area (Å²) in [5, 5.41) is 13.8. The molecule has 2 heterocycles. The molecule has 0 unspecified atom stereocenters. The van der Waals surface area contributed by atoms with Crippen molar-refractivity contribution in [3.05, 3.63) is 103 Å². The van der Waals surface area contributed by atoms with Gasteiger partial charge in [-0.1, -0.05) is 53.7 Å². The van der Waals surface area contributed by atoms with Crippen molar-refractivity contribution in [2.24, 2.45) is 0 Å². The number of carbonyl (C=O) groups excluding carboxylic acids is 1. The summed E-state index contributed by atoms with van der Waals surface area (Å²) >= 11 is 0. The number of hydrogen-bond acceptors (Lipinski definition) is 5. The molecule has 0 spiro atoms. The fourth-order valence-corrected chi connectivity index (χ4v) is 3.89. The van der Waals surface area contributed by atoms with Crippen molar-refractivity contribution < 1.29 is 4.79 Å². The minimum atomic E-state index is -0.126. The van der Waals surface area contributed by atoms with Crippen LogP contribution in [0.15, 0.2) is 91.4 Å². The maximum Gasteiger partial charge on any atom is 0.224 e. The molecule has 3 N–H and O–H groups in total. The van der Waals surface area contributed by atoms with Crippen molar-refractivity contribution in [2.75, 3.05) is 11.1 Å². The Morgan fingerprint density at radius 3 is 2.68 bits per heavy atom. The van der Waals surface area contributed by atoms with Crippen LogP contribution < -0.4 is 11.1 Å². The van der Waals surface area contributed by atoms with Crippen molar-refractivity contribution >= 4 is 28.1 Å².